The minimum Gasteiger partial charge on any atom is -0.328 e. The number of aromatic nitrogens is 3. The number of thioether (sulfide) groups is 1. The number of carbonyl (C=O) groups is 1. The molecule has 1 aliphatic rings. The molecule has 0 spiro atoms. The fraction of sp³-hybridized carbons (Fsp3) is 0.190. The van der Waals surface area contributed by atoms with Crippen LogP contribution in [0.3, 0.4) is 0 Å². The molecule has 5 nitrogen and oxygen atoms in total. The first kappa shape index (κ1) is 17.5. The number of H-pyrrole nitrogens is 1. The van der Waals surface area contributed by atoms with Crippen LogP contribution < -0.4 is 5.32 Å². The normalized spacial score (nSPS) is 16.8. The molecule has 0 amide bonds. The van der Waals surface area contributed by atoms with Crippen LogP contribution in [0.5, 0.6) is 0 Å². The third-order valence-corrected chi connectivity index (χ3v) is 5.39. The second kappa shape index (κ2) is 8.22. The summed E-state index contributed by atoms with van der Waals surface area (Å²) < 4.78 is 0. The van der Waals surface area contributed by atoms with E-state index >= 15 is 0 Å². The maximum Gasteiger partial charge on any atom is 0.223 e. The summed E-state index contributed by atoms with van der Waals surface area (Å²) >= 11 is 1.57. The summed E-state index contributed by atoms with van der Waals surface area (Å²) in [7, 11) is 0. The average Bonchev–Trinajstić information content (AvgIpc) is 3.15. The van der Waals surface area contributed by atoms with Gasteiger partial charge in [-0.3, -0.25) is 4.79 Å². The van der Waals surface area contributed by atoms with Crippen LogP contribution in [0, 0.1) is 0 Å². The predicted octanol–water partition coefficient (Wildman–Crippen LogP) is 4.54. The summed E-state index contributed by atoms with van der Waals surface area (Å²) in [5.74, 6) is 1.71. The number of rotatable bonds is 6. The number of hydrogen-bond donors (Lipinski definition) is 2. The third kappa shape index (κ3) is 4.65. The topological polar surface area (TPSA) is 70.7 Å². The summed E-state index contributed by atoms with van der Waals surface area (Å²) in [5, 5.41) is 11.1. The summed E-state index contributed by atoms with van der Waals surface area (Å²) in [6.45, 7) is 0. The fourth-order valence-electron chi connectivity index (χ4n) is 3.18. The van der Waals surface area contributed by atoms with Crippen LogP contribution >= 0.6 is 11.8 Å². The highest BCUT2D eigenvalue weighted by Gasteiger charge is 2.22. The van der Waals surface area contributed by atoms with Crippen LogP contribution in [0.4, 0.5) is 5.95 Å². The minimum absolute atomic E-state index is 0.135. The third-order valence-electron chi connectivity index (χ3n) is 4.47. The number of hydrogen-bond acceptors (Lipinski definition) is 5. The van der Waals surface area contributed by atoms with Crippen molar-refractivity contribution in [2.24, 2.45) is 0 Å². The van der Waals surface area contributed by atoms with Crippen molar-refractivity contribution in [3.05, 3.63) is 83.6 Å². The van der Waals surface area contributed by atoms with Crippen molar-refractivity contribution in [2.45, 2.75) is 29.7 Å². The monoisotopic (exact) mass is 376 g/mol. The zero-order valence-electron chi connectivity index (χ0n) is 14.8. The largest absolute Gasteiger partial charge is 0.328 e. The Labute approximate surface area is 162 Å². The van der Waals surface area contributed by atoms with Gasteiger partial charge in [-0.25, -0.2) is 5.10 Å². The van der Waals surface area contributed by atoms with Gasteiger partial charge in [-0.15, -0.1) is 5.10 Å². The zero-order valence-corrected chi connectivity index (χ0v) is 15.6. The molecule has 4 rings (SSSR count). The van der Waals surface area contributed by atoms with E-state index < -0.39 is 0 Å². The molecule has 0 saturated carbocycles. The highest BCUT2D eigenvalue weighted by atomic mass is 32.2. The van der Waals surface area contributed by atoms with Gasteiger partial charge >= 0.3 is 0 Å². The fourth-order valence-corrected chi connectivity index (χ4v) is 3.94. The Morgan fingerprint density at radius 2 is 1.78 bits per heavy atom. The Hall–Kier alpha value is -2.86. The first-order valence-electron chi connectivity index (χ1n) is 8.91. The molecule has 1 heterocycles. The smallest absolute Gasteiger partial charge is 0.223 e. The SMILES string of the molecule is O=C1C=C(Nc2nc(SCc3ccccc3)n[nH]2)CC(c2ccccc2)C1. The van der Waals surface area contributed by atoms with Gasteiger partial charge < -0.3 is 5.32 Å². The molecule has 0 fully saturated rings. The molecule has 136 valence electrons. The molecule has 3 aromatic rings. The van der Waals surface area contributed by atoms with Crippen LogP contribution in [0.2, 0.25) is 0 Å². The number of anilines is 1. The lowest BCUT2D eigenvalue weighted by molar-refractivity contribution is -0.115. The van der Waals surface area contributed by atoms with Gasteiger partial charge in [0, 0.05) is 23.9 Å². The minimum atomic E-state index is 0.135. The molecule has 0 aliphatic heterocycles. The number of carbonyl (C=O) groups excluding carboxylic acids is 1. The van der Waals surface area contributed by atoms with Crippen LogP contribution in [0.1, 0.15) is 29.9 Å². The molecule has 27 heavy (non-hydrogen) atoms. The Morgan fingerprint density at radius 1 is 1.04 bits per heavy atom. The lowest BCUT2D eigenvalue weighted by Crippen LogP contribution is -2.17. The molecule has 1 aliphatic carbocycles. The summed E-state index contributed by atoms with van der Waals surface area (Å²) in [5.41, 5.74) is 3.29. The lowest BCUT2D eigenvalue weighted by atomic mass is 9.85. The van der Waals surface area contributed by atoms with Gasteiger partial charge in [0.25, 0.3) is 0 Å². The van der Waals surface area contributed by atoms with E-state index in [0.717, 1.165) is 17.9 Å². The molecule has 6 heteroatoms. The summed E-state index contributed by atoms with van der Waals surface area (Å²) in [4.78, 5) is 16.6. The molecule has 1 aromatic heterocycles. The quantitative estimate of drug-likeness (QED) is 0.618. The maximum atomic E-state index is 12.1. The van der Waals surface area contributed by atoms with Crippen molar-refractivity contribution in [2.75, 3.05) is 5.32 Å². The van der Waals surface area contributed by atoms with Crippen molar-refractivity contribution < 1.29 is 4.79 Å². The van der Waals surface area contributed by atoms with E-state index in [4.69, 9.17) is 0 Å². The Kier molecular flexibility index (Phi) is 5.34. The number of allylic oxidation sites excluding steroid dienone is 2. The molecule has 0 saturated heterocycles. The molecule has 2 N–H and O–H groups in total. The van der Waals surface area contributed by atoms with Gasteiger partial charge in [0.1, 0.15) is 0 Å². The van der Waals surface area contributed by atoms with Crippen molar-refractivity contribution in [3.63, 3.8) is 0 Å². The van der Waals surface area contributed by atoms with Crippen molar-refractivity contribution in [1.82, 2.24) is 15.2 Å². The molecule has 0 bridgehead atoms. The molecule has 2 aromatic carbocycles. The van der Waals surface area contributed by atoms with E-state index in [1.165, 1.54) is 11.1 Å². The number of nitrogens with one attached hydrogen (secondary N) is 2. The Bertz CT molecular complexity index is 937. The average molecular weight is 376 g/mol. The van der Waals surface area contributed by atoms with Crippen LogP contribution in [0.25, 0.3) is 0 Å². The van der Waals surface area contributed by atoms with E-state index in [-0.39, 0.29) is 11.7 Å². The first-order valence-corrected chi connectivity index (χ1v) is 9.89. The second-order valence-corrected chi connectivity index (χ2v) is 7.46. The highest BCUT2D eigenvalue weighted by molar-refractivity contribution is 7.98. The number of aromatic amines is 1. The van der Waals surface area contributed by atoms with E-state index in [2.05, 4.69) is 44.8 Å². The van der Waals surface area contributed by atoms with E-state index in [0.29, 0.717) is 17.5 Å². The van der Waals surface area contributed by atoms with Gasteiger partial charge in [-0.2, -0.15) is 4.98 Å². The van der Waals surface area contributed by atoms with Gasteiger partial charge in [0.2, 0.25) is 11.1 Å². The summed E-state index contributed by atoms with van der Waals surface area (Å²) in [6, 6.07) is 20.4. The molecule has 1 unspecified atom stereocenters. The molecule has 0 radical (unpaired) electrons. The first-order chi connectivity index (χ1) is 13.3. The van der Waals surface area contributed by atoms with Crippen molar-refractivity contribution >= 4 is 23.5 Å². The van der Waals surface area contributed by atoms with Gasteiger partial charge in [0.15, 0.2) is 5.78 Å². The molecular formula is C21H20N4OS. The van der Waals surface area contributed by atoms with E-state index in [9.17, 15) is 4.79 Å². The second-order valence-electron chi connectivity index (χ2n) is 6.52. The number of ketones is 1. The Morgan fingerprint density at radius 3 is 2.56 bits per heavy atom. The Balaban J connectivity index is 1.39. The van der Waals surface area contributed by atoms with Gasteiger partial charge in [-0.1, -0.05) is 72.4 Å². The zero-order chi connectivity index (χ0) is 18.5. The van der Waals surface area contributed by atoms with Gasteiger partial charge in [0.05, 0.1) is 0 Å². The van der Waals surface area contributed by atoms with Crippen LogP contribution in [0.15, 0.2) is 77.6 Å². The van der Waals surface area contributed by atoms with Gasteiger partial charge in [-0.05, 0) is 23.5 Å². The number of nitrogens with zero attached hydrogens (tertiary/aromatic N) is 2. The standard InChI is InChI=1S/C21H20N4OS/c26-19-12-17(16-9-5-2-6-10-16)11-18(13-19)22-20-23-21(25-24-20)27-14-15-7-3-1-4-8-15/h1-10,13,17H,11-12,14H2,(H2,22,23,24,25). The van der Waals surface area contributed by atoms with Crippen LogP contribution in [-0.4, -0.2) is 21.0 Å². The summed E-state index contributed by atoms with van der Waals surface area (Å²) in [6.07, 6.45) is 3.01. The van der Waals surface area contributed by atoms with E-state index in [1.54, 1.807) is 17.8 Å². The van der Waals surface area contributed by atoms with Crippen molar-refractivity contribution in [3.8, 4) is 0 Å². The van der Waals surface area contributed by atoms with Crippen LogP contribution in [-0.2, 0) is 10.5 Å². The van der Waals surface area contributed by atoms with Crippen molar-refractivity contribution in [1.29, 1.82) is 0 Å². The number of benzene rings is 2. The molecular weight excluding hydrogens is 356 g/mol. The maximum absolute atomic E-state index is 12.1. The predicted molar refractivity (Wildman–Crippen MR) is 108 cm³/mol. The van der Waals surface area contributed by atoms with E-state index in [1.807, 2.05) is 36.4 Å². The molecule has 1 atom stereocenters. The highest BCUT2D eigenvalue weighted by Crippen LogP contribution is 2.31. The lowest BCUT2D eigenvalue weighted by Gasteiger charge is -2.22.